The van der Waals surface area contributed by atoms with Gasteiger partial charge in [-0.1, -0.05) is 32.9 Å². The fourth-order valence-corrected chi connectivity index (χ4v) is 1.48. The second-order valence-electron chi connectivity index (χ2n) is 4.92. The van der Waals surface area contributed by atoms with Crippen LogP contribution in [0.4, 0.5) is 0 Å². The first-order chi connectivity index (χ1) is 8.05. The Bertz CT molecular complexity index is 472. The first-order valence-electron chi connectivity index (χ1n) is 5.60. The van der Waals surface area contributed by atoms with Crippen molar-refractivity contribution < 1.29 is 4.74 Å². The third kappa shape index (κ3) is 3.03. The first kappa shape index (κ1) is 11.6. The SMILES string of the molecule is CC(C)(C)c1ccc(Oc2cnccn2)cc1. The Balaban J connectivity index is 2.14. The van der Waals surface area contributed by atoms with E-state index in [0.717, 1.165) is 5.75 Å². The number of hydrogen-bond donors (Lipinski definition) is 0. The average Bonchev–Trinajstić information content (AvgIpc) is 2.30. The molecule has 0 aliphatic rings. The zero-order chi connectivity index (χ0) is 12.3. The molecule has 1 aromatic carbocycles. The van der Waals surface area contributed by atoms with Crippen molar-refractivity contribution in [2.45, 2.75) is 26.2 Å². The zero-order valence-electron chi connectivity index (χ0n) is 10.3. The van der Waals surface area contributed by atoms with Crippen LogP contribution in [0.3, 0.4) is 0 Å². The summed E-state index contributed by atoms with van der Waals surface area (Å²) < 4.78 is 5.57. The van der Waals surface area contributed by atoms with E-state index in [0.29, 0.717) is 5.88 Å². The van der Waals surface area contributed by atoms with Crippen LogP contribution in [0.25, 0.3) is 0 Å². The van der Waals surface area contributed by atoms with Gasteiger partial charge in [0, 0.05) is 12.4 Å². The summed E-state index contributed by atoms with van der Waals surface area (Å²) in [5.74, 6) is 1.29. The van der Waals surface area contributed by atoms with Crippen LogP contribution in [-0.2, 0) is 5.41 Å². The molecule has 0 N–H and O–H groups in total. The summed E-state index contributed by atoms with van der Waals surface area (Å²) >= 11 is 0. The molecule has 88 valence electrons. The van der Waals surface area contributed by atoms with Crippen LogP contribution in [0.5, 0.6) is 11.6 Å². The van der Waals surface area contributed by atoms with E-state index >= 15 is 0 Å². The summed E-state index contributed by atoms with van der Waals surface area (Å²) in [6, 6.07) is 8.06. The standard InChI is InChI=1S/C14H16N2O/c1-14(2,3)11-4-6-12(7-5-11)17-13-10-15-8-9-16-13/h4-10H,1-3H3. The van der Waals surface area contributed by atoms with E-state index in [1.807, 2.05) is 12.1 Å². The number of benzene rings is 1. The Morgan fingerprint density at radius 1 is 1.00 bits per heavy atom. The van der Waals surface area contributed by atoms with Gasteiger partial charge in [-0.3, -0.25) is 4.98 Å². The summed E-state index contributed by atoms with van der Waals surface area (Å²) in [6.07, 6.45) is 4.83. The Kier molecular flexibility index (Phi) is 3.09. The molecule has 0 amide bonds. The van der Waals surface area contributed by atoms with Crippen molar-refractivity contribution in [3.63, 3.8) is 0 Å². The summed E-state index contributed by atoms with van der Waals surface area (Å²) in [7, 11) is 0. The molecule has 0 radical (unpaired) electrons. The minimum Gasteiger partial charge on any atom is -0.438 e. The smallest absolute Gasteiger partial charge is 0.237 e. The quantitative estimate of drug-likeness (QED) is 0.788. The number of aromatic nitrogens is 2. The van der Waals surface area contributed by atoms with Gasteiger partial charge in [-0.25, -0.2) is 4.98 Å². The molecule has 0 bridgehead atoms. The topological polar surface area (TPSA) is 35.0 Å². The molecule has 17 heavy (non-hydrogen) atoms. The molecule has 1 aromatic heterocycles. The van der Waals surface area contributed by atoms with Crippen LogP contribution in [0, 0.1) is 0 Å². The van der Waals surface area contributed by atoms with E-state index in [4.69, 9.17) is 4.74 Å². The van der Waals surface area contributed by atoms with E-state index in [1.165, 1.54) is 5.56 Å². The van der Waals surface area contributed by atoms with Gasteiger partial charge in [-0.15, -0.1) is 0 Å². The third-order valence-corrected chi connectivity index (χ3v) is 2.48. The highest BCUT2D eigenvalue weighted by molar-refractivity contribution is 5.32. The predicted molar refractivity (Wildman–Crippen MR) is 67.2 cm³/mol. The van der Waals surface area contributed by atoms with Gasteiger partial charge in [0.05, 0.1) is 6.20 Å². The van der Waals surface area contributed by atoms with E-state index in [9.17, 15) is 0 Å². The predicted octanol–water partition coefficient (Wildman–Crippen LogP) is 3.57. The third-order valence-electron chi connectivity index (χ3n) is 2.48. The molecule has 0 unspecified atom stereocenters. The summed E-state index contributed by atoms with van der Waals surface area (Å²) in [5.41, 5.74) is 1.44. The van der Waals surface area contributed by atoms with Gasteiger partial charge < -0.3 is 4.74 Å². The van der Waals surface area contributed by atoms with Gasteiger partial charge in [-0.05, 0) is 23.1 Å². The largest absolute Gasteiger partial charge is 0.438 e. The Labute approximate surface area is 102 Å². The molecule has 0 atom stereocenters. The second-order valence-corrected chi connectivity index (χ2v) is 4.92. The van der Waals surface area contributed by atoms with Gasteiger partial charge in [0.25, 0.3) is 0 Å². The monoisotopic (exact) mass is 228 g/mol. The van der Waals surface area contributed by atoms with Crippen LogP contribution in [0.2, 0.25) is 0 Å². The fourth-order valence-electron chi connectivity index (χ4n) is 1.48. The highest BCUT2D eigenvalue weighted by Crippen LogP contribution is 2.25. The zero-order valence-corrected chi connectivity index (χ0v) is 10.3. The molecular formula is C14H16N2O. The van der Waals surface area contributed by atoms with Crippen molar-refractivity contribution in [2.75, 3.05) is 0 Å². The lowest BCUT2D eigenvalue weighted by molar-refractivity contribution is 0.459. The Hall–Kier alpha value is -1.90. The van der Waals surface area contributed by atoms with Gasteiger partial charge in [0.15, 0.2) is 0 Å². The van der Waals surface area contributed by atoms with Gasteiger partial charge in [0.1, 0.15) is 5.75 Å². The molecule has 3 heteroatoms. The van der Waals surface area contributed by atoms with Crippen molar-refractivity contribution >= 4 is 0 Å². The molecule has 0 aliphatic heterocycles. The second kappa shape index (κ2) is 4.53. The fraction of sp³-hybridized carbons (Fsp3) is 0.286. The van der Waals surface area contributed by atoms with Crippen molar-refractivity contribution in [1.82, 2.24) is 9.97 Å². The Morgan fingerprint density at radius 3 is 2.24 bits per heavy atom. The van der Waals surface area contributed by atoms with Crippen LogP contribution < -0.4 is 4.74 Å². The maximum atomic E-state index is 5.57. The van der Waals surface area contributed by atoms with Crippen molar-refractivity contribution in [1.29, 1.82) is 0 Å². The molecule has 0 fully saturated rings. The lowest BCUT2D eigenvalue weighted by atomic mass is 9.87. The van der Waals surface area contributed by atoms with E-state index in [-0.39, 0.29) is 5.41 Å². The van der Waals surface area contributed by atoms with E-state index < -0.39 is 0 Å². The maximum absolute atomic E-state index is 5.57. The van der Waals surface area contributed by atoms with Crippen LogP contribution in [0.15, 0.2) is 42.9 Å². The van der Waals surface area contributed by atoms with Crippen LogP contribution in [0.1, 0.15) is 26.3 Å². The molecule has 0 aliphatic carbocycles. The highest BCUT2D eigenvalue weighted by atomic mass is 16.5. The first-order valence-corrected chi connectivity index (χ1v) is 5.60. The number of ether oxygens (including phenoxy) is 1. The summed E-state index contributed by atoms with van der Waals surface area (Å²) in [4.78, 5) is 8.01. The normalized spacial score (nSPS) is 11.2. The van der Waals surface area contributed by atoms with Gasteiger partial charge in [0.2, 0.25) is 5.88 Å². The molecule has 2 aromatic rings. The molecule has 0 saturated carbocycles. The summed E-state index contributed by atoms with van der Waals surface area (Å²) in [6.45, 7) is 6.56. The van der Waals surface area contributed by atoms with E-state index in [1.54, 1.807) is 18.6 Å². The molecule has 0 saturated heterocycles. The summed E-state index contributed by atoms with van der Waals surface area (Å²) in [5, 5.41) is 0. The van der Waals surface area contributed by atoms with Crippen molar-refractivity contribution in [3.8, 4) is 11.6 Å². The van der Waals surface area contributed by atoms with Crippen molar-refractivity contribution in [3.05, 3.63) is 48.4 Å². The number of hydrogen-bond acceptors (Lipinski definition) is 3. The Morgan fingerprint density at radius 2 is 1.71 bits per heavy atom. The minimum atomic E-state index is 0.158. The van der Waals surface area contributed by atoms with Crippen LogP contribution in [-0.4, -0.2) is 9.97 Å². The lowest BCUT2D eigenvalue weighted by Gasteiger charge is -2.18. The molecule has 2 rings (SSSR count). The maximum Gasteiger partial charge on any atom is 0.237 e. The highest BCUT2D eigenvalue weighted by Gasteiger charge is 2.13. The van der Waals surface area contributed by atoms with Crippen molar-refractivity contribution in [2.24, 2.45) is 0 Å². The van der Waals surface area contributed by atoms with E-state index in [2.05, 4.69) is 42.9 Å². The number of rotatable bonds is 2. The van der Waals surface area contributed by atoms with Crippen LogP contribution >= 0.6 is 0 Å². The average molecular weight is 228 g/mol. The minimum absolute atomic E-state index is 0.158. The number of nitrogens with zero attached hydrogens (tertiary/aromatic N) is 2. The molecular weight excluding hydrogens is 212 g/mol. The lowest BCUT2D eigenvalue weighted by Crippen LogP contribution is -2.10. The molecule has 3 nitrogen and oxygen atoms in total. The van der Waals surface area contributed by atoms with Gasteiger partial charge in [-0.2, -0.15) is 0 Å². The molecule has 1 heterocycles. The van der Waals surface area contributed by atoms with Gasteiger partial charge >= 0.3 is 0 Å². The molecule has 0 spiro atoms.